The lowest BCUT2D eigenvalue weighted by molar-refractivity contribution is 0.0565. The van der Waals surface area contributed by atoms with E-state index in [9.17, 15) is 9.90 Å². The van der Waals surface area contributed by atoms with Gasteiger partial charge in [0.05, 0.1) is 11.8 Å². The Hall–Kier alpha value is -2.34. The van der Waals surface area contributed by atoms with Crippen molar-refractivity contribution in [3.05, 3.63) is 48.3 Å². The number of aromatic nitrogens is 2. The molecule has 3 rings (SSSR count). The summed E-state index contributed by atoms with van der Waals surface area (Å²) in [6.07, 6.45) is 7.38. The summed E-state index contributed by atoms with van der Waals surface area (Å²) >= 11 is 0. The monoisotopic (exact) mass is 342 g/mol. The molecule has 1 fully saturated rings. The number of carbonyl (C=O) groups excluding carboxylic acids is 1. The number of urea groups is 1. The molecule has 1 aliphatic carbocycles. The van der Waals surface area contributed by atoms with Crippen molar-refractivity contribution in [1.82, 2.24) is 20.0 Å². The molecule has 0 radical (unpaired) electrons. The van der Waals surface area contributed by atoms with E-state index in [1.807, 2.05) is 36.5 Å². The van der Waals surface area contributed by atoms with Crippen LogP contribution in [0.4, 0.5) is 4.79 Å². The van der Waals surface area contributed by atoms with Gasteiger partial charge in [0.1, 0.15) is 0 Å². The summed E-state index contributed by atoms with van der Waals surface area (Å²) in [5.74, 6) is 0.181. The number of hydrogen-bond donors (Lipinski definition) is 2. The number of aliphatic hydroxyl groups is 1. The molecule has 2 amide bonds. The normalized spacial score (nSPS) is 20.2. The fourth-order valence-electron chi connectivity index (χ4n) is 3.44. The summed E-state index contributed by atoms with van der Waals surface area (Å²) in [7, 11) is 1.79. The molecule has 6 nitrogen and oxygen atoms in total. The zero-order valence-electron chi connectivity index (χ0n) is 14.6. The minimum atomic E-state index is -0.287. The Kier molecular flexibility index (Phi) is 5.71. The second kappa shape index (κ2) is 8.16. The second-order valence-corrected chi connectivity index (χ2v) is 6.73. The molecule has 25 heavy (non-hydrogen) atoms. The second-order valence-electron chi connectivity index (χ2n) is 6.73. The van der Waals surface area contributed by atoms with Gasteiger partial charge in [0.25, 0.3) is 0 Å². The van der Waals surface area contributed by atoms with Gasteiger partial charge in [-0.05, 0) is 30.5 Å². The van der Waals surface area contributed by atoms with Crippen LogP contribution in [0.15, 0.2) is 42.7 Å². The van der Waals surface area contributed by atoms with Gasteiger partial charge in [-0.15, -0.1) is 0 Å². The summed E-state index contributed by atoms with van der Waals surface area (Å²) < 4.78 is 1.80. The van der Waals surface area contributed by atoms with Crippen LogP contribution < -0.4 is 5.32 Å². The third-order valence-corrected chi connectivity index (χ3v) is 4.90. The highest BCUT2D eigenvalue weighted by atomic mass is 16.3. The lowest BCUT2D eigenvalue weighted by atomic mass is 9.86. The van der Waals surface area contributed by atoms with Crippen molar-refractivity contribution >= 4 is 6.03 Å². The topological polar surface area (TPSA) is 70.4 Å². The highest BCUT2D eigenvalue weighted by Gasteiger charge is 2.25. The first-order chi connectivity index (χ1) is 12.1. The third kappa shape index (κ3) is 4.39. The van der Waals surface area contributed by atoms with Crippen molar-refractivity contribution in [3.8, 4) is 5.69 Å². The number of para-hydroxylation sites is 1. The van der Waals surface area contributed by atoms with Gasteiger partial charge in [0.15, 0.2) is 0 Å². The van der Waals surface area contributed by atoms with Crippen LogP contribution in [-0.4, -0.2) is 45.5 Å². The number of nitrogens with zero attached hydrogens (tertiary/aromatic N) is 3. The molecule has 0 spiro atoms. The van der Waals surface area contributed by atoms with E-state index >= 15 is 0 Å². The van der Waals surface area contributed by atoms with Crippen LogP contribution in [0.3, 0.4) is 0 Å². The van der Waals surface area contributed by atoms with Crippen LogP contribution >= 0.6 is 0 Å². The molecule has 1 aliphatic rings. The van der Waals surface area contributed by atoms with E-state index in [0.717, 1.165) is 36.9 Å². The van der Waals surface area contributed by atoms with Gasteiger partial charge in [-0.3, -0.25) is 0 Å². The van der Waals surface area contributed by atoms with E-state index in [1.165, 1.54) is 0 Å². The zero-order chi connectivity index (χ0) is 17.6. The highest BCUT2D eigenvalue weighted by Crippen LogP contribution is 2.24. The number of nitrogens with one attached hydrogen (secondary N) is 1. The molecule has 1 saturated carbocycles. The molecular formula is C19H26N4O2. The van der Waals surface area contributed by atoms with Crippen LogP contribution in [0.1, 0.15) is 31.2 Å². The Balaban J connectivity index is 1.57. The summed E-state index contributed by atoms with van der Waals surface area (Å²) in [5, 5.41) is 17.3. The van der Waals surface area contributed by atoms with E-state index < -0.39 is 0 Å². The van der Waals surface area contributed by atoms with Crippen molar-refractivity contribution in [2.45, 2.75) is 38.3 Å². The lowest BCUT2D eigenvalue weighted by Crippen LogP contribution is -2.42. The van der Waals surface area contributed by atoms with Gasteiger partial charge in [0, 0.05) is 38.4 Å². The predicted octanol–water partition coefficient (Wildman–Crippen LogP) is 2.56. The first-order valence-electron chi connectivity index (χ1n) is 8.90. The Bertz CT molecular complexity index is 686. The van der Waals surface area contributed by atoms with Gasteiger partial charge >= 0.3 is 6.03 Å². The Morgan fingerprint density at radius 1 is 1.32 bits per heavy atom. The molecule has 2 unspecified atom stereocenters. The molecule has 0 bridgehead atoms. The number of aliphatic hydroxyl groups excluding tert-OH is 1. The van der Waals surface area contributed by atoms with Crippen LogP contribution in [-0.2, 0) is 6.54 Å². The van der Waals surface area contributed by atoms with Gasteiger partial charge in [0.2, 0.25) is 0 Å². The smallest absolute Gasteiger partial charge is 0.317 e. The quantitative estimate of drug-likeness (QED) is 0.877. The van der Waals surface area contributed by atoms with Crippen molar-refractivity contribution in [1.29, 1.82) is 0 Å². The Labute approximate surface area is 148 Å². The van der Waals surface area contributed by atoms with E-state index in [1.54, 1.807) is 22.8 Å². The van der Waals surface area contributed by atoms with Gasteiger partial charge in [-0.2, -0.15) is 5.10 Å². The highest BCUT2D eigenvalue weighted by molar-refractivity contribution is 5.74. The fraction of sp³-hybridized carbons (Fsp3) is 0.474. The number of benzene rings is 1. The average molecular weight is 342 g/mol. The lowest BCUT2D eigenvalue weighted by Gasteiger charge is -2.31. The van der Waals surface area contributed by atoms with E-state index in [4.69, 9.17) is 0 Å². The molecule has 0 aliphatic heterocycles. The van der Waals surface area contributed by atoms with Gasteiger partial charge < -0.3 is 15.3 Å². The van der Waals surface area contributed by atoms with Crippen molar-refractivity contribution in [3.63, 3.8) is 0 Å². The third-order valence-electron chi connectivity index (χ3n) is 4.90. The summed E-state index contributed by atoms with van der Waals surface area (Å²) in [4.78, 5) is 14.1. The van der Waals surface area contributed by atoms with E-state index in [2.05, 4.69) is 10.4 Å². The molecule has 6 heteroatoms. The molecule has 1 heterocycles. The van der Waals surface area contributed by atoms with Crippen LogP contribution in [0.25, 0.3) is 5.69 Å². The largest absolute Gasteiger partial charge is 0.393 e. The molecule has 1 aromatic carbocycles. The van der Waals surface area contributed by atoms with Crippen molar-refractivity contribution < 1.29 is 9.90 Å². The van der Waals surface area contributed by atoms with Crippen molar-refractivity contribution in [2.24, 2.45) is 5.92 Å². The number of hydrogen-bond acceptors (Lipinski definition) is 3. The minimum Gasteiger partial charge on any atom is -0.393 e. The Morgan fingerprint density at radius 3 is 2.88 bits per heavy atom. The summed E-state index contributed by atoms with van der Waals surface area (Å²) in [6, 6.07) is 9.64. The van der Waals surface area contributed by atoms with Crippen LogP contribution in [0.5, 0.6) is 0 Å². The Morgan fingerprint density at radius 2 is 2.12 bits per heavy atom. The van der Waals surface area contributed by atoms with Gasteiger partial charge in [-0.25, -0.2) is 9.48 Å². The standard InChI is InChI=1S/C19H26N4O2/c1-22(14-16-8-3-5-10-18(16)24)19(25)20-13-15-7-2-4-9-17(15)23-12-6-11-21-23/h2,4,6-7,9,11-12,16,18,24H,3,5,8,10,13-14H2,1H3,(H,20,25). The average Bonchev–Trinajstić information content (AvgIpc) is 3.16. The first kappa shape index (κ1) is 17.5. The first-order valence-corrected chi connectivity index (χ1v) is 8.90. The van der Waals surface area contributed by atoms with Crippen LogP contribution in [0, 0.1) is 5.92 Å². The summed E-state index contributed by atoms with van der Waals surface area (Å²) in [5.41, 5.74) is 1.96. The maximum absolute atomic E-state index is 12.4. The molecule has 0 saturated heterocycles. The molecule has 2 atom stereocenters. The molecule has 2 N–H and O–H groups in total. The fourth-order valence-corrected chi connectivity index (χ4v) is 3.44. The molecule has 134 valence electrons. The molecule has 1 aromatic heterocycles. The zero-order valence-corrected chi connectivity index (χ0v) is 14.6. The van der Waals surface area contributed by atoms with Gasteiger partial charge in [-0.1, -0.05) is 31.0 Å². The van der Waals surface area contributed by atoms with E-state index in [-0.39, 0.29) is 18.1 Å². The number of amides is 2. The summed E-state index contributed by atoms with van der Waals surface area (Å²) in [6.45, 7) is 1.03. The van der Waals surface area contributed by atoms with Crippen LogP contribution in [0.2, 0.25) is 0 Å². The predicted molar refractivity (Wildman–Crippen MR) is 96.4 cm³/mol. The number of rotatable bonds is 5. The maximum atomic E-state index is 12.4. The SMILES string of the molecule is CN(CC1CCCCC1O)C(=O)NCc1ccccc1-n1cccn1. The minimum absolute atomic E-state index is 0.118. The molecule has 2 aromatic rings. The van der Waals surface area contributed by atoms with E-state index in [0.29, 0.717) is 13.1 Å². The van der Waals surface area contributed by atoms with Crippen molar-refractivity contribution in [2.75, 3.05) is 13.6 Å². The molecular weight excluding hydrogens is 316 g/mol. The maximum Gasteiger partial charge on any atom is 0.317 e. The number of carbonyl (C=O) groups is 1.